The van der Waals surface area contributed by atoms with Crippen molar-refractivity contribution in [1.29, 1.82) is 0 Å². The van der Waals surface area contributed by atoms with Crippen molar-refractivity contribution < 1.29 is 5.11 Å². The fourth-order valence-corrected chi connectivity index (χ4v) is 2.90. The molecule has 0 radical (unpaired) electrons. The molecule has 3 unspecified atom stereocenters. The van der Waals surface area contributed by atoms with Gasteiger partial charge in [0.05, 0.1) is 0 Å². The van der Waals surface area contributed by atoms with Crippen LogP contribution in [-0.2, 0) is 0 Å². The molecule has 3 atom stereocenters. The standard InChI is InChI=1S/C16H25NO/c1-12-5-3-7-15(10-9-12)17-13(2)14-6-4-8-16(18)11-14/h4,6,8,11-13,15,17-18H,3,5,7,9-10H2,1-2H3. The molecular formula is C16H25NO. The molecule has 0 spiro atoms. The maximum atomic E-state index is 9.52. The van der Waals surface area contributed by atoms with E-state index in [9.17, 15) is 5.11 Å². The molecule has 0 saturated heterocycles. The smallest absolute Gasteiger partial charge is 0.115 e. The Morgan fingerprint density at radius 1 is 1.22 bits per heavy atom. The summed E-state index contributed by atoms with van der Waals surface area (Å²) in [7, 11) is 0. The molecule has 1 fully saturated rings. The Bertz CT molecular complexity index is 377. The summed E-state index contributed by atoms with van der Waals surface area (Å²) in [5.74, 6) is 1.24. The third-order valence-electron chi connectivity index (χ3n) is 4.11. The van der Waals surface area contributed by atoms with Gasteiger partial charge in [-0.2, -0.15) is 0 Å². The second kappa shape index (κ2) is 6.24. The molecule has 2 heteroatoms. The number of hydrogen-bond donors (Lipinski definition) is 2. The average Bonchev–Trinajstić information content (AvgIpc) is 2.54. The van der Waals surface area contributed by atoms with Crippen LogP contribution in [0.4, 0.5) is 0 Å². The first-order valence-electron chi connectivity index (χ1n) is 7.20. The number of phenols is 1. The Kier molecular flexibility index (Phi) is 4.65. The maximum absolute atomic E-state index is 9.52. The second-order valence-electron chi connectivity index (χ2n) is 5.79. The molecule has 2 nitrogen and oxygen atoms in total. The van der Waals surface area contributed by atoms with Crippen LogP contribution in [0.3, 0.4) is 0 Å². The molecule has 2 N–H and O–H groups in total. The van der Waals surface area contributed by atoms with E-state index in [0.717, 1.165) is 5.92 Å². The van der Waals surface area contributed by atoms with Gasteiger partial charge in [0.2, 0.25) is 0 Å². The van der Waals surface area contributed by atoms with Gasteiger partial charge in [0.15, 0.2) is 0 Å². The number of aromatic hydroxyl groups is 1. The van der Waals surface area contributed by atoms with Gasteiger partial charge >= 0.3 is 0 Å². The van der Waals surface area contributed by atoms with Crippen LogP contribution in [0.5, 0.6) is 5.75 Å². The van der Waals surface area contributed by atoms with E-state index in [2.05, 4.69) is 25.2 Å². The van der Waals surface area contributed by atoms with E-state index in [-0.39, 0.29) is 0 Å². The quantitative estimate of drug-likeness (QED) is 0.791. The first kappa shape index (κ1) is 13.4. The van der Waals surface area contributed by atoms with Crippen molar-refractivity contribution >= 4 is 0 Å². The second-order valence-corrected chi connectivity index (χ2v) is 5.79. The van der Waals surface area contributed by atoms with Crippen LogP contribution in [0.25, 0.3) is 0 Å². The van der Waals surface area contributed by atoms with E-state index in [1.54, 1.807) is 6.07 Å². The Balaban J connectivity index is 1.92. The first-order valence-corrected chi connectivity index (χ1v) is 7.20. The van der Waals surface area contributed by atoms with Crippen molar-refractivity contribution in [2.75, 3.05) is 0 Å². The van der Waals surface area contributed by atoms with Gasteiger partial charge in [-0.3, -0.25) is 0 Å². The van der Waals surface area contributed by atoms with Gasteiger partial charge in [-0.25, -0.2) is 0 Å². The van der Waals surface area contributed by atoms with Gasteiger partial charge in [-0.1, -0.05) is 31.9 Å². The highest BCUT2D eigenvalue weighted by Gasteiger charge is 2.18. The fourth-order valence-electron chi connectivity index (χ4n) is 2.90. The van der Waals surface area contributed by atoms with Gasteiger partial charge in [0.25, 0.3) is 0 Å². The van der Waals surface area contributed by atoms with Crippen molar-refractivity contribution in [2.45, 2.75) is 58.0 Å². The summed E-state index contributed by atoms with van der Waals surface area (Å²) in [6.45, 7) is 4.55. The Labute approximate surface area is 110 Å². The molecule has 1 aliphatic carbocycles. The molecule has 0 amide bonds. The fraction of sp³-hybridized carbons (Fsp3) is 0.625. The van der Waals surface area contributed by atoms with Crippen molar-refractivity contribution in [1.82, 2.24) is 5.32 Å². The molecule has 1 aromatic carbocycles. The van der Waals surface area contributed by atoms with E-state index < -0.39 is 0 Å². The van der Waals surface area contributed by atoms with Crippen LogP contribution in [0.1, 0.15) is 57.6 Å². The highest BCUT2D eigenvalue weighted by Crippen LogP contribution is 2.25. The van der Waals surface area contributed by atoms with Crippen LogP contribution in [0.2, 0.25) is 0 Å². The van der Waals surface area contributed by atoms with Gasteiger partial charge < -0.3 is 10.4 Å². The molecule has 0 heterocycles. The predicted molar refractivity (Wildman–Crippen MR) is 75.7 cm³/mol. The van der Waals surface area contributed by atoms with Crippen molar-refractivity contribution in [3.05, 3.63) is 29.8 Å². The van der Waals surface area contributed by atoms with Gasteiger partial charge in [-0.15, -0.1) is 0 Å². The lowest BCUT2D eigenvalue weighted by molar-refractivity contribution is 0.406. The molecule has 1 saturated carbocycles. The molecule has 18 heavy (non-hydrogen) atoms. The van der Waals surface area contributed by atoms with E-state index in [4.69, 9.17) is 0 Å². The topological polar surface area (TPSA) is 32.3 Å². The minimum Gasteiger partial charge on any atom is -0.508 e. The highest BCUT2D eigenvalue weighted by molar-refractivity contribution is 5.29. The molecule has 1 aromatic rings. The summed E-state index contributed by atoms with van der Waals surface area (Å²) in [5, 5.41) is 13.2. The summed E-state index contributed by atoms with van der Waals surface area (Å²) in [5.41, 5.74) is 1.17. The molecule has 100 valence electrons. The van der Waals surface area contributed by atoms with E-state index in [1.807, 2.05) is 12.1 Å². The normalized spacial score (nSPS) is 26.6. The predicted octanol–water partition coefficient (Wildman–Crippen LogP) is 4.01. The summed E-state index contributed by atoms with van der Waals surface area (Å²) in [6.07, 6.45) is 6.62. The summed E-state index contributed by atoms with van der Waals surface area (Å²) >= 11 is 0. The van der Waals surface area contributed by atoms with Crippen LogP contribution in [0, 0.1) is 5.92 Å². The van der Waals surface area contributed by atoms with E-state index in [0.29, 0.717) is 17.8 Å². The van der Waals surface area contributed by atoms with Crippen molar-refractivity contribution in [2.24, 2.45) is 5.92 Å². The summed E-state index contributed by atoms with van der Waals surface area (Å²) in [6, 6.07) is 8.53. The maximum Gasteiger partial charge on any atom is 0.115 e. The van der Waals surface area contributed by atoms with Crippen LogP contribution in [0.15, 0.2) is 24.3 Å². The van der Waals surface area contributed by atoms with Crippen molar-refractivity contribution in [3.8, 4) is 5.75 Å². The third-order valence-corrected chi connectivity index (χ3v) is 4.11. The Hall–Kier alpha value is -1.02. The summed E-state index contributed by atoms with van der Waals surface area (Å²) < 4.78 is 0. The number of benzene rings is 1. The lowest BCUT2D eigenvalue weighted by Crippen LogP contribution is -2.31. The van der Waals surface area contributed by atoms with E-state index in [1.165, 1.54) is 37.7 Å². The molecule has 0 aromatic heterocycles. The Morgan fingerprint density at radius 2 is 2.06 bits per heavy atom. The third kappa shape index (κ3) is 3.74. The lowest BCUT2D eigenvalue weighted by atomic mass is 10.0. The monoisotopic (exact) mass is 247 g/mol. The van der Waals surface area contributed by atoms with E-state index >= 15 is 0 Å². The zero-order valence-corrected chi connectivity index (χ0v) is 11.5. The van der Waals surface area contributed by atoms with Crippen LogP contribution >= 0.6 is 0 Å². The molecule has 0 bridgehead atoms. The van der Waals surface area contributed by atoms with Gasteiger partial charge in [-0.05, 0) is 49.8 Å². The zero-order valence-electron chi connectivity index (χ0n) is 11.5. The lowest BCUT2D eigenvalue weighted by Gasteiger charge is -2.22. The first-order chi connectivity index (χ1) is 8.65. The minimum atomic E-state index is 0.315. The number of rotatable bonds is 3. The molecule has 1 aliphatic rings. The zero-order chi connectivity index (χ0) is 13.0. The number of phenolic OH excluding ortho intramolecular Hbond substituents is 1. The number of hydrogen-bond acceptors (Lipinski definition) is 2. The van der Waals surface area contributed by atoms with Gasteiger partial charge in [0.1, 0.15) is 5.75 Å². The van der Waals surface area contributed by atoms with Gasteiger partial charge in [0, 0.05) is 12.1 Å². The summed E-state index contributed by atoms with van der Waals surface area (Å²) in [4.78, 5) is 0. The average molecular weight is 247 g/mol. The molecular weight excluding hydrogens is 222 g/mol. The highest BCUT2D eigenvalue weighted by atomic mass is 16.3. The largest absolute Gasteiger partial charge is 0.508 e. The Morgan fingerprint density at radius 3 is 2.83 bits per heavy atom. The number of nitrogens with one attached hydrogen (secondary N) is 1. The van der Waals surface area contributed by atoms with Crippen molar-refractivity contribution in [3.63, 3.8) is 0 Å². The molecule has 0 aliphatic heterocycles. The SMILES string of the molecule is CC1CCCC(NC(C)c2cccc(O)c2)CC1. The van der Waals surface area contributed by atoms with Crippen LogP contribution < -0.4 is 5.32 Å². The van der Waals surface area contributed by atoms with Crippen LogP contribution in [-0.4, -0.2) is 11.1 Å². The molecule has 2 rings (SSSR count). The minimum absolute atomic E-state index is 0.315.